The standard InChI is InChI=1S/C20H33N5/c1-3-21-20(22-12-10-17-9-8-16(2)23-14-17)24-18-11-13-25(15-18)19-6-4-5-7-19/h8-9,14,18-19H,3-7,10-13,15H2,1-2H3,(H2,21,22,24). The van der Waals surface area contributed by atoms with Crippen LogP contribution in [0.4, 0.5) is 0 Å². The van der Waals surface area contributed by atoms with Gasteiger partial charge in [0.25, 0.3) is 0 Å². The topological polar surface area (TPSA) is 52.6 Å². The minimum absolute atomic E-state index is 0.527. The number of rotatable bonds is 6. The molecule has 25 heavy (non-hydrogen) atoms. The summed E-state index contributed by atoms with van der Waals surface area (Å²) in [5, 5.41) is 7.04. The number of nitrogens with one attached hydrogen (secondary N) is 2. The van der Waals surface area contributed by atoms with Crippen molar-refractivity contribution in [3.8, 4) is 0 Å². The van der Waals surface area contributed by atoms with Gasteiger partial charge in [0, 0.05) is 50.2 Å². The highest BCUT2D eigenvalue weighted by atomic mass is 15.3. The summed E-state index contributed by atoms with van der Waals surface area (Å²) in [5.41, 5.74) is 2.31. The second-order valence-corrected chi connectivity index (χ2v) is 7.38. The number of hydrogen-bond acceptors (Lipinski definition) is 3. The van der Waals surface area contributed by atoms with E-state index in [1.54, 1.807) is 0 Å². The maximum atomic E-state index is 4.77. The maximum Gasteiger partial charge on any atom is 0.191 e. The second-order valence-electron chi connectivity index (χ2n) is 7.38. The molecule has 1 atom stereocenters. The summed E-state index contributed by atoms with van der Waals surface area (Å²) in [5.74, 6) is 0.959. The number of nitrogens with zero attached hydrogens (tertiary/aromatic N) is 3. The maximum absolute atomic E-state index is 4.77. The summed E-state index contributed by atoms with van der Waals surface area (Å²) < 4.78 is 0. The highest BCUT2D eigenvalue weighted by Gasteiger charge is 2.30. The number of likely N-dealkylation sites (tertiary alicyclic amines) is 1. The van der Waals surface area contributed by atoms with Crippen LogP contribution in [-0.2, 0) is 6.42 Å². The Bertz CT molecular complexity index is 548. The highest BCUT2D eigenvalue weighted by Crippen LogP contribution is 2.26. The molecule has 1 aromatic heterocycles. The Kier molecular flexibility index (Phi) is 6.68. The zero-order valence-electron chi connectivity index (χ0n) is 15.8. The van der Waals surface area contributed by atoms with Crippen LogP contribution in [-0.4, -0.2) is 54.1 Å². The molecule has 138 valence electrons. The van der Waals surface area contributed by atoms with Crippen molar-refractivity contribution in [2.24, 2.45) is 4.99 Å². The molecule has 2 heterocycles. The van der Waals surface area contributed by atoms with E-state index >= 15 is 0 Å². The summed E-state index contributed by atoms with van der Waals surface area (Å²) in [6.45, 7) is 8.23. The van der Waals surface area contributed by atoms with Gasteiger partial charge in [-0.3, -0.25) is 14.9 Å². The van der Waals surface area contributed by atoms with Gasteiger partial charge in [-0.2, -0.15) is 0 Å². The van der Waals surface area contributed by atoms with Gasteiger partial charge in [0.15, 0.2) is 5.96 Å². The lowest BCUT2D eigenvalue weighted by atomic mass is 10.2. The lowest BCUT2D eigenvalue weighted by molar-refractivity contribution is 0.242. The third-order valence-electron chi connectivity index (χ3n) is 5.39. The van der Waals surface area contributed by atoms with Gasteiger partial charge < -0.3 is 10.6 Å². The average molecular weight is 344 g/mol. The Morgan fingerprint density at radius 1 is 1.28 bits per heavy atom. The predicted molar refractivity (Wildman–Crippen MR) is 104 cm³/mol. The van der Waals surface area contributed by atoms with E-state index in [4.69, 9.17) is 4.99 Å². The molecular weight excluding hydrogens is 310 g/mol. The zero-order valence-corrected chi connectivity index (χ0v) is 15.8. The Balaban J connectivity index is 1.47. The number of guanidine groups is 1. The van der Waals surface area contributed by atoms with Crippen molar-refractivity contribution in [3.63, 3.8) is 0 Å². The molecule has 0 radical (unpaired) electrons. The first kappa shape index (κ1) is 18.2. The molecule has 3 rings (SSSR count). The highest BCUT2D eigenvalue weighted by molar-refractivity contribution is 5.80. The molecule has 1 aromatic rings. The van der Waals surface area contributed by atoms with Gasteiger partial charge >= 0.3 is 0 Å². The van der Waals surface area contributed by atoms with E-state index in [1.807, 2.05) is 13.1 Å². The largest absolute Gasteiger partial charge is 0.357 e. The Morgan fingerprint density at radius 3 is 2.84 bits per heavy atom. The number of pyridine rings is 1. The van der Waals surface area contributed by atoms with Crippen molar-refractivity contribution in [1.82, 2.24) is 20.5 Å². The predicted octanol–water partition coefficient (Wildman–Crippen LogP) is 2.50. The number of aliphatic imine (C=N–C) groups is 1. The molecule has 1 aliphatic heterocycles. The lowest BCUT2D eigenvalue weighted by Crippen LogP contribution is -2.45. The first-order valence-corrected chi connectivity index (χ1v) is 9.95. The van der Waals surface area contributed by atoms with Crippen LogP contribution in [0, 0.1) is 6.92 Å². The number of hydrogen-bond donors (Lipinski definition) is 2. The fourth-order valence-corrected chi connectivity index (χ4v) is 3.96. The minimum Gasteiger partial charge on any atom is -0.357 e. The van der Waals surface area contributed by atoms with Crippen LogP contribution in [0.3, 0.4) is 0 Å². The molecule has 1 saturated heterocycles. The van der Waals surface area contributed by atoms with Crippen LogP contribution in [0.5, 0.6) is 0 Å². The van der Waals surface area contributed by atoms with Gasteiger partial charge in [-0.25, -0.2) is 0 Å². The summed E-state index contributed by atoms with van der Waals surface area (Å²) >= 11 is 0. The molecule has 5 heteroatoms. The second kappa shape index (κ2) is 9.18. The fraction of sp³-hybridized carbons (Fsp3) is 0.700. The molecule has 5 nitrogen and oxygen atoms in total. The average Bonchev–Trinajstić information content (AvgIpc) is 3.28. The number of aromatic nitrogens is 1. The van der Waals surface area contributed by atoms with Crippen LogP contribution >= 0.6 is 0 Å². The van der Waals surface area contributed by atoms with E-state index in [0.717, 1.165) is 43.8 Å². The first-order chi connectivity index (χ1) is 12.2. The van der Waals surface area contributed by atoms with Crippen molar-refractivity contribution in [1.29, 1.82) is 0 Å². The molecule has 0 spiro atoms. The molecule has 0 amide bonds. The zero-order chi connectivity index (χ0) is 17.5. The van der Waals surface area contributed by atoms with Gasteiger partial charge in [-0.15, -0.1) is 0 Å². The van der Waals surface area contributed by atoms with Gasteiger partial charge in [-0.05, 0) is 51.2 Å². The molecular formula is C20H33N5. The van der Waals surface area contributed by atoms with Gasteiger partial charge in [0.05, 0.1) is 0 Å². The molecule has 2 N–H and O–H groups in total. The summed E-state index contributed by atoms with van der Waals surface area (Å²) in [6.07, 6.45) is 9.73. The fourth-order valence-electron chi connectivity index (χ4n) is 3.96. The van der Waals surface area contributed by atoms with Crippen LogP contribution in [0.25, 0.3) is 0 Å². The summed E-state index contributed by atoms with van der Waals surface area (Å²) in [6, 6.07) is 5.58. The van der Waals surface area contributed by atoms with E-state index in [0.29, 0.717) is 6.04 Å². The summed E-state index contributed by atoms with van der Waals surface area (Å²) in [7, 11) is 0. The van der Waals surface area contributed by atoms with Gasteiger partial charge in [0.2, 0.25) is 0 Å². The molecule has 1 aliphatic carbocycles. The Morgan fingerprint density at radius 2 is 2.12 bits per heavy atom. The quantitative estimate of drug-likeness (QED) is 0.615. The Hall–Kier alpha value is -1.62. The van der Waals surface area contributed by atoms with E-state index in [9.17, 15) is 0 Å². The van der Waals surface area contributed by atoms with Crippen LogP contribution < -0.4 is 10.6 Å². The van der Waals surface area contributed by atoms with Crippen molar-refractivity contribution < 1.29 is 0 Å². The van der Waals surface area contributed by atoms with Crippen LogP contribution in [0.2, 0.25) is 0 Å². The summed E-state index contributed by atoms with van der Waals surface area (Å²) in [4.78, 5) is 11.8. The molecule has 0 aromatic carbocycles. The van der Waals surface area contributed by atoms with Crippen molar-refractivity contribution in [3.05, 3.63) is 29.6 Å². The van der Waals surface area contributed by atoms with E-state index in [1.165, 1.54) is 44.2 Å². The molecule has 2 fully saturated rings. The van der Waals surface area contributed by atoms with Crippen molar-refractivity contribution in [2.45, 2.75) is 64.5 Å². The molecule has 0 bridgehead atoms. The van der Waals surface area contributed by atoms with E-state index in [-0.39, 0.29) is 0 Å². The van der Waals surface area contributed by atoms with E-state index < -0.39 is 0 Å². The molecule has 2 aliphatic rings. The SMILES string of the molecule is CCNC(=NCCc1ccc(C)nc1)NC1CCN(C2CCCC2)C1. The minimum atomic E-state index is 0.527. The van der Waals surface area contributed by atoms with Gasteiger partial charge in [-0.1, -0.05) is 18.9 Å². The van der Waals surface area contributed by atoms with Crippen LogP contribution in [0.1, 0.15) is 50.3 Å². The third-order valence-corrected chi connectivity index (χ3v) is 5.39. The van der Waals surface area contributed by atoms with Crippen LogP contribution in [0.15, 0.2) is 23.3 Å². The normalized spacial score (nSPS) is 22.5. The first-order valence-electron chi connectivity index (χ1n) is 9.95. The van der Waals surface area contributed by atoms with Gasteiger partial charge in [0.1, 0.15) is 0 Å². The number of aryl methyl sites for hydroxylation is 1. The molecule has 1 unspecified atom stereocenters. The smallest absolute Gasteiger partial charge is 0.191 e. The third kappa shape index (κ3) is 5.43. The van der Waals surface area contributed by atoms with Crippen molar-refractivity contribution in [2.75, 3.05) is 26.2 Å². The monoisotopic (exact) mass is 343 g/mol. The Labute approximate surface area is 152 Å². The lowest BCUT2D eigenvalue weighted by Gasteiger charge is -2.24. The van der Waals surface area contributed by atoms with Crippen molar-refractivity contribution >= 4 is 5.96 Å². The van der Waals surface area contributed by atoms with E-state index in [2.05, 4.69) is 39.6 Å². The molecule has 1 saturated carbocycles.